The second kappa shape index (κ2) is 8.50. The fourth-order valence-electron chi connectivity index (χ4n) is 3.93. The molecule has 0 spiro atoms. The molecule has 1 N–H and O–H groups in total. The number of rotatable bonds is 5. The molecule has 1 saturated carbocycles. The van der Waals surface area contributed by atoms with Crippen LogP contribution in [0.4, 0.5) is 0 Å². The number of aromatic nitrogens is 2. The van der Waals surface area contributed by atoms with Gasteiger partial charge in [0.15, 0.2) is 0 Å². The fourth-order valence-corrected chi connectivity index (χ4v) is 3.93. The van der Waals surface area contributed by atoms with Crippen LogP contribution < -0.4 is 5.32 Å². The molecule has 3 rings (SSSR count). The highest BCUT2D eigenvalue weighted by atomic mass is 16.2. The normalized spacial score (nSPS) is 24.8. The molecule has 1 aromatic heterocycles. The Labute approximate surface area is 149 Å². The van der Waals surface area contributed by atoms with Gasteiger partial charge in [0.2, 0.25) is 11.8 Å². The van der Waals surface area contributed by atoms with E-state index in [2.05, 4.69) is 28.2 Å². The fraction of sp³-hybridized carbons (Fsp3) is 0.737. The number of aryl methyl sites for hydroxylation is 1. The molecular weight excluding hydrogens is 316 g/mol. The molecule has 1 aromatic rings. The maximum atomic E-state index is 12.2. The van der Waals surface area contributed by atoms with Crippen molar-refractivity contribution in [2.45, 2.75) is 76.8 Å². The van der Waals surface area contributed by atoms with Gasteiger partial charge in [-0.1, -0.05) is 6.42 Å². The number of hydrogen-bond donors (Lipinski definition) is 1. The van der Waals surface area contributed by atoms with Crippen LogP contribution in [0.25, 0.3) is 0 Å². The Kier molecular flexibility index (Phi) is 6.10. The molecule has 2 amide bonds. The minimum atomic E-state index is 0.0791. The first kappa shape index (κ1) is 18.0. The Balaban J connectivity index is 1.38. The first-order valence-corrected chi connectivity index (χ1v) is 9.70. The summed E-state index contributed by atoms with van der Waals surface area (Å²) in [6.07, 6.45) is 12.3. The molecule has 6 nitrogen and oxygen atoms in total. The minimum Gasteiger partial charge on any atom is -0.353 e. The average molecular weight is 346 g/mol. The van der Waals surface area contributed by atoms with E-state index in [1.807, 2.05) is 11.1 Å². The number of likely N-dealkylation sites (tertiary alicyclic amines) is 1. The summed E-state index contributed by atoms with van der Waals surface area (Å²) < 4.78 is 2.07. The van der Waals surface area contributed by atoms with E-state index >= 15 is 0 Å². The molecular formula is C19H30N4O2. The lowest BCUT2D eigenvalue weighted by atomic mass is 9.91. The standard InChI is InChI=1S/C19H30N4O2/c1-15-13-20-23(14-15)17-8-6-16(7-9-17)21-18(24)10-12-22-11-4-2-3-5-19(22)25/h13-14,16-17H,2-12H2,1H3,(H,21,24). The Morgan fingerprint density at radius 3 is 2.76 bits per heavy atom. The molecule has 2 heterocycles. The molecule has 6 heteroatoms. The van der Waals surface area contributed by atoms with Gasteiger partial charge in [0.25, 0.3) is 0 Å². The maximum Gasteiger partial charge on any atom is 0.222 e. The van der Waals surface area contributed by atoms with Gasteiger partial charge in [-0.25, -0.2) is 0 Å². The molecule has 1 aliphatic heterocycles. The Bertz CT molecular complexity index is 590. The van der Waals surface area contributed by atoms with Gasteiger partial charge >= 0.3 is 0 Å². The van der Waals surface area contributed by atoms with Crippen molar-refractivity contribution in [3.8, 4) is 0 Å². The van der Waals surface area contributed by atoms with Crippen LogP contribution in [0.15, 0.2) is 12.4 Å². The Morgan fingerprint density at radius 2 is 2.04 bits per heavy atom. The SMILES string of the molecule is Cc1cnn(C2CCC(NC(=O)CCN3CCCCCC3=O)CC2)c1. The van der Waals surface area contributed by atoms with Crippen molar-refractivity contribution in [3.05, 3.63) is 18.0 Å². The van der Waals surface area contributed by atoms with E-state index in [0.29, 0.717) is 25.4 Å². The third kappa shape index (κ3) is 5.06. The quantitative estimate of drug-likeness (QED) is 0.891. The van der Waals surface area contributed by atoms with Crippen molar-refractivity contribution in [3.63, 3.8) is 0 Å². The van der Waals surface area contributed by atoms with Crippen molar-refractivity contribution in [1.29, 1.82) is 0 Å². The predicted octanol–water partition coefficient (Wildman–Crippen LogP) is 2.58. The molecule has 0 unspecified atom stereocenters. The summed E-state index contributed by atoms with van der Waals surface area (Å²) in [6, 6.07) is 0.719. The first-order valence-electron chi connectivity index (χ1n) is 9.70. The second-order valence-corrected chi connectivity index (χ2v) is 7.51. The summed E-state index contributed by atoms with van der Waals surface area (Å²) in [5.41, 5.74) is 1.19. The van der Waals surface area contributed by atoms with Gasteiger partial charge in [0, 0.05) is 38.2 Å². The predicted molar refractivity (Wildman–Crippen MR) is 96.1 cm³/mol. The number of nitrogens with zero attached hydrogens (tertiary/aromatic N) is 3. The molecule has 1 saturated heterocycles. The number of carbonyl (C=O) groups excluding carboxylic acids is 2. The van der Waals surface area contributed by atoms with Crippen LogP contribution in [0, 0.1) is 6.92 Å². The topological polar surface area (TPSA) is 67.2 Å². The van der Waals surface area contributed by atoms with E-state index in [1.165, 1.54) is 5.56 Å². The Morgan fingerprint density at radius 1 is 1.24 bits per heavy atom. The maximum absolute atomic E-state index is 12.2. The van der Waals surface area contributed by atoms with Gasteiger partial charge < -0.3 is 10.2 Å². The monoisotopic (exact) mass is 346 g/mol. The highest BCUT2D eigenvalue weighted by Crippen LogP contribution is 2.28. The zero-order valence-electron chi connectivity index (χ0n) is 15.2. The minimum absolute atomic E-state index is 0.0791. The van der Waals surface area contributed by atoms with E-state index in [9.17, 15) is 9.59 Å². The van der Waals surface area contributed by atoms with E-state index in [0.717, 1.165) is 51.5 Å². The zero-order valence-corrected chi connectivity index (χ0v) is 15.2. The number of hydrogen-bond acceptors (Lipinski definition) is 3. The van der Waals surface area contributed by atoms with Crippen LogP contribution in [0.5, 0.6) is 0 Å². The van der Waals surface area contributed by atoms with Crippen LogP contribution in [-0.2, 0) is 9.59 Å². The smallest absolute Gasteiger partial charge is 0.222 e. The van der Waals surface area contributed by atoms with Crippen LogP contribution in [0.2, 0.25) is 0 Å². The molecule has 2 aliphatic rings. The molecule has 138 valence electrons. The van der Waals surface area contributed by atoms with Crippen LogP contribution in [0.1, 0.15) is 69.4 Å². The van der Waals surface area contributed by atoms with Gasteiger partial charge in [0.1, 0.15) is 0 Å². The van der Waals surface area contributed by atoms with Crippen molar-refractivity contribution in [1.82, 2.24) is 20.0 Å². The highest BCUT2D eigenvalue weighted by Gasteiger charge is 2.24. The average Bonchev–Trinajstić information content (AvgIpc) is 2.93. The van der Waals surface area contributed by atoms with Gasteiger partial charge in [-0.15, -0.1) is 0 Å². The lowest BCUT2D eigenvalue weighted by Crippen LogP contribution is -2.40. The molecule has 0 bridgehead atoms. The Hall–Kier alpha value is -1.85. The number of nitrogens with one attached hydrogen (secondary N) is 1. The van der Waals surface area contributed by atoms with Gasteiger partial charge in [0.05, 0.1) is 12.2 Å². The van der Waals surface area contributed by atoms with Crippen LogP contribution >= 0.6 is 0 Å². The number of amides is 2. The summed E-state index contributed by atoms with van der Waals surface area (Å²) in [5, 5.41) is 7.57. The van der Waals surface area contributed by atoms with Crippen LogP contribution in [-0.4, -0.2) is 45.6 Å². The van der Waals surface area contributed by atoms with E-state index in [-0.39, 0.29) is 17.9 Å². The zero-order chi connectivity index (χ0) is 17.6. The summed E-state index contributed by atoms with van der Waals surface area (Å²) in [4.78, 5) is 26.1. The lowest BCUT2D eigenvalue weighted by molar-refractivity contribution is -0.131. The molecule has 1 aliphatic carbocycles. The summed E-state index contributed by atoms with van der Waals surface area (Å²) in [5.74, 6) is 0.288. The van der Waals surface area contributed by atoms with Gasteiger partial charge in [-0.05, 0) is 51.0 Å². The van der Waals surface area contributed by atoms with Crippen LogP contribution in [0.3, 0.4) is 0 Å². The molecule has 2 fully saturated rings. The molecule has 0 atom stereocenters. The first-order chi connectivity index (χ1) is 12.1. The molecule has 0 aromatic carbocycles. The van der Waals surface area contributed by atoms with Crippen molar-refractivity contribution < 1.29 is 9.59 Å². The van der Waals surface area contributed by atoms with E-state index in [1.54, 1.807) is 0 Å². The van der Waals surface area contributed by atoms with Gasteiger partial charge in [-0.2, -0.15) is 5.10 Å². The van der Waals surface area contributed by atoms with Crippen molar-refractivity contribution in [2.24, 2.45) is 0 Å². The largest absolute Gasteiger partial charge is 0.353 e. The third-order valence-corrected chi connectivity index (χ3v) is 5.45. The van der Waals surface area contributed by atoms with E-state index in [4.69, 9.17) is 0 Å². The summed E-state index contributed by atoms with van der Waals surface area (Å²) >= 11 is 0. The van der Waals surface area contributed by atoms with Crippen molar-refractivity contribution in [2.75, 3.05) is 13.1 Å². The molecule has 0 radical (unpaired) electrons. The lowest BCUT2D eigenvalue weighted by Gasteiger charge is -2.29. The third-order valence-electron chi connectivity index (χ3n) is 5.45. The van der Waals surface area contributed by atoms with E-state index < -0.39 is 0 Å². The van der Waals surface area contributed by atoms with Gasteiger partial charge in [-0.3, -0.25) is 14.3 Å². The summed E-state index contributed by atoms with van der Waals surface area (Å²) in [7, 11) is 0. The molecule has 25 heavy (non-hydrogen) atoms. The highest BCUT2D eigenvalue weighted by molar-refractivity contribution is 5.79. The second-order valence-electron chi connectivity index (χ2n) is 7.51. The summed E-state index contributed by atoms with van der Waals surface area (Å²) in [6.45, 7) is 3.43. The number of carbonyl (C=O) groups is 2. The van der Waals surface area contributed by atoms with Crippen molar-refractivity contribution >= 4 is 11.8 Å².